The van der Waals surface area contributed by atoms with Crippen molar-refractivity contribution < 1.29 is 51.5 Å². The molecule has 0 saturated carbocycles. The number of aromatic hydroxyl groups is 1. The topological polar surface area (TPSA) is 172 Å². The molecule has 2 fully saturated rings. The first-order valence-electron chi connectivity index (χ1n) is 19.8. The fraction of sp³-hybridized carbons (Fsp3) is 0.413. The van der Waals surface area contributed by atoms with Gasteiger partial charge in [-0.15, -0.1) is 0 Å². The number of fused-ring (bicyclic) bond motifs is 4. The Bertz CT molecular complexity index is 2180. The van der Waals surface area contributed by atoms with Crippen LogP contribution in [0.1, 0.15) is 97.7 Å². The number of benzene rings is 4. The van der Waals surface area contributed by atoms with Gasteiger partial charge in [-0.1, -0.05) is 66.7 Å². The van der Waals surface area contributed by atoms with Crippen LogP contribution in [0, 0.1) is 0 Å². The molecule has 2 saturated heterocycles. The number of hydrogen-bond acceptors (Lipinski definition) is 10. The second kappa shape index (κ2) is 17.8. The van der Waals surface area contributed by atoms with Crippen molar-refractivity contribution in [1.29, 1.82) is 0 Å². The second-order valence-corrected chi connectivity index (χ2v) is 17.5. The molecule has 0 spiro atoms. The lowest BCUT2D eigenvalue weighted by atomic mass is 9.89. The summed E-state index contributed by atoms with van der Waals surface area (Å²) in [5.74, 6) is 1.37. The van der Waals surface area contributed by atoms with Gasteiger partial charge >= 0.3 is 10.4 Å². The number of methoxy groups -OCH3 is 1. The minimum absolute atomic E-state index is 0.0465. The molecular formula is C46H55NO11S. The number of phenolic OH excluding ortho intramolecular Hbond substituents is 1. The molecule has 4 aliphatic heterocycles. The molecule has 13 heteroatoms. The first-order valence-corrected chi connectivity index (χ1v) is 21.2. The number of phenols is 1. The largest absolute Gasteiger partial charge is 0.507 e. The Hall–Kier alpha value is -4.76. The number of carbonyl (C=O) groups excluding carboxylic acids is 1. The summed E-state index contributed by atoms with van der Waals surface area (Å²) in [5, 5.41) is 20.8. The fourth-order valence-corrected chi connectivity index (χ4v) is 8.29. The number of hydrogen-bond donors (Lipinski definition) is 4. The van der Waals surface area contributed by atoms with Crippen LogP contribution in [0.3, 0.4) is 0 Å². The van der Waals surface area contributed by atoms with E-state index in [0.717, 1.165) is 5.56 Å². The van der Waals surface area contributed by atoms with E-state index in [4.69, 9.17) is 36.5 Å². The van der Waals surface area contributed by atoms with Crippen LogP contribution < -0.4 is 14.2 Å². The quantitative estimate of drug-likeness (QED) is 0.100. The molecule has 0 amide bonds. The summed E-state index contributed by atoms with van der Waals surface area (Å²) in [6.07, 6.45) is 9.02. The van der Waals surface area contributed by atoms with Crippen molar-refractivity contribution in [1.82, 2.24) is 4.90 Å². The normalized spacial score (nSPS) is 22.3. The number of Topliss-reactive ketones (excluding diaryl/α,β-unsaturated/α-hetero) is 1. The summed E-state index contributed by atoms with van der Waals surface area (Å²) in [6.45, 7) is 7.52. The van der Waals surface area contributed by atoms with E-state index in [9.17, 15) is 15.0 Å². The van der Waals surface area contributed by atoms with Crippen molar-refractivity contribution in [3.05, 3.63) is 124 Å². The van der Waals surface area contributed by atoms with E-state index < -0.39 is 27.7 Å². The molecule has 4 aliphatic rings. The fourth-order valence-electron chi connectivity index (χ4n) is 8.29. The molecule has 4 heterocycles. The van der Waals surface area contributed by atoms with Crippen molar-refractivity contribution in [2.45, 2.75) is 108 Å². The van der Waals surface area contributed by atoms with Gasteiger partial charge in [0.2, 0.25) is 0 Å². The summed E-state index contributed by atoms with van der Waals surface area (Å²) in [6, 6.07) is 29.4. The van der Waals surface area contributed by atoms with Crippen LogP contribution in [0.5, 0.6) is 23.0 Å². The highest BCUT2D eigenvalue weighted by atomic mass is 32.3. The van der Waals surface area contributed by atoms with Crippen LogP contribution in [-0.4, -0.2) is 88.1 Å². The number of rotatable bonds is 8. The molecule has 12 nitrogen and oxygen atoms in total. The molecule has 0 aromatic heterocycles. The summed E-state index contributed by atoms with van der Waals surface area (Å²) in [4.78, 5) is 15.7. The van der Waals surface area contributed by atoms with E-state index >= 15 is 0 Å². The molecule has 3 unspecified atom stereocenters. The van der Waals surface area contributed by atoms with Crippen molar-refractivity contribution in [3.8, 4) is 23.0 Å². The van der Waals surface area contributed by atoms with E-state index in [1.807, 2.05) is 38.1 Å². The Kier molecular flexibility index (Phi) is 13.2. The van der Waals surface area contributed by atoms with E-state index in [1.54, 1.807) is 27.0 Å². The molecule has 4 aromatic rings. The van der Waals surface area contributed by atoms with Crippen LogP contribution in [-0.2, 0) is 28.0 Å². The molecule has 3 atom stereocenters. The van der Waals surface area contributed by atoms with E-state index in [1.165, 1.54) is 42.9 Å². The molecule has 4 N–H and O–H groups in total. The predicted molar refractivity (Wildman–Crippen MR) is 225 cm³/mol. The standard InChI is InChI=1S/C25H28O6.C21H25NO.H2O4S/c1-24(2)9-8-16-20(30-24)7-6-14(23(16)29-5)11-18(26)17-10-15-12-22(28)25(3,4)31-21(15)13-19(17)27;1-22-18-12-13-19(22)15-20(14-18)23-21(16-8-4-2-5-9-16)17-10-6-3-7-11-17;1-5(2,3)4/h6-10,13,22,27-28H,11-12H2,1-5H3;2-11,18-21H,12-15H2,1H3;(H2,1,2,3,4). The van der Waals surface area contributed by atoms with Gasteiger partial charge in [-0.05, 0) is 101 Å². The van der Waals surface area contributed by atoms with Gasteiger partial charge in [0.15, 0.2) is 5.78 Å². The maximum Gasteiger partial charge on any atom is 0.394 e. The second-order valence-electron chi connectivity index (χ2n) is 16.6. The van der Waals surface area contributed by atoms with Crippen molar-refractivity contribution in [2.75, 3.05) is 14.2 Å². The third-order valence-corrected chi connectivity index (χ3v) is 11.5. The number of ketones is 1. The van der Waals surface area contributed by atoms with Crippen molar-refractivity contribution >= 4 is 22.3 Å². The number of aliphatic hydroxyl groups excluding tert-OH is 1. The first-order chi connectivity index (χ1) is 27.8. The molecular weight excluding hydrogens is 775 g/mol. The Morgan fingerprint density at radius 2 is 1.46 bits per heavy atom. The minimum atomic E-state index is -4.67. The SMILES string of the molecule is CN1C2CCC1CC(OC(c1ccccc1)c1ccccc1)C2.COc1c(CC(=O)c2cc3c(cc2O)OC(C)(C)C(O)C3)ccc2c1C=CC(C)(C)O2.O=S(=O)(O)O. The van der Waals surface area contributed by atoms with Gasteiger partial charge in [0.25, 0.3) is 0 Å². The Labute approximate surface area is 347 Å². The van der Waals surface area contributed by atoms with E-state index in [2.05, 4.69) is 72.6 Å². The number of nitrogens with zero attached hydrogens (tertiary/aromatic N) is 1. The predicted octanol–water partition coefficient (Wildman–Crippen LogP) is 7.85. The van der Waals surface area contributed by atoms with Crippen LogP contribution >= 0.6 is 0 Å². The third kappa shape index (κ3) is 10.9. The zero-order valence-corrected chi connectivity index (χ0v) is 35.2. The summed E-state index contributed by atoms with van der Waals surface area (Å²) < 4.78 is 55.7. The monoisotopic (exact) mass is 829 g/mol. The van der Waals surface area contributed by atoms with Gasteiger partial charge in [-0.25, -0.2) is 0 Å². The number of ether oxygens (including phenoxy) is 4. The minimum Gasteiger partial charge on any atom is -0.507 e. The molecule has 0 aliphatic carbocycles. The Balaban J connectivity index is 0.000000184. The molecule has 4 aromatic carbocycles. The van der Waals surface area contributed by atoms with Gasteiger partial charge in [0.1, 0.15) is 40.3 Å². The number of carbonyl (C=O) groups is 1. The van der Waals surface area contributed by atoms with Crippen molar-refractivity contribution in [2.24, 2.45) is 0 Å². The zero-order chi connectivity index (χ0) is 42.7. The van der Waals surface area contributed by atoms with E-state index in [0.29, 0.717) is 53.0 Å². The lowest BCUT2D eigenvalue weighted by Gasteiger charge is -2.38. The van der Waals surface area contributed by atoms with Gasteiger partial charge in [-0.3, -0.25) is 13.9 Å². The number of aliphatic hydroxyl groups is 1. The highest BCUT2D eigenvalue weighted by Gasteiger charge is 2.40. The Morgan fingerprint density at radius 1 is 0.881 bits per heavy atom. The maximum absolute atomic E-state index is 13.1. The highest BCUT2D eigenvalue weighted by Crippen LogP contribution is 2.42. The summed E-state index contributed by atoms with van der Waals surface area (Å²) >= 11 is 0. The summed E-state index contributed by atoms with van der Waals surface area (Å²) in [7, 11) is -0.821. The van der Waals surface area contributed by atoms with E-state index in [-0.39, 0.29) is 29.6 Å². The molecule has 59 heavy (non-hydrogen) atoms. The average Bonchev–Trinajstić information content (AvgIpc) is 3.36. The smallest absolute Gasteiger partial charge is 0.394 e. The lowest BCUT2D eigenvalue weighted by Crippen LogP contribution is -2.46. The van der Waals surface area contributed by atoms with Gasteiger partial charge < -0.3 is 34.1 Å². The maximum atomic E-state index is 13.1. The van der Waals surface area contributed by atoms with Gasteiger partial charge in [0, 0.05) is 36.6 Å². The molecule has 2 bridgehead atoms. The van der Waals surface area contributed by atoms with Gasteiger partial charge in [-0.2, -0.15) is 8.42 Å². The molecule has 316 valence electrons. The third-order valence-electron chi connectivity index (χ3n) is 11.5. The zero-order valence-electron chi connectivity index (χ0n) is 34.4. The molecule has 8 rings (SSSR count). The first kappa shape index (κ1) is 43.8. The Morgan fingerprint density at radius 3 is 2.02 bits per heavy atom. The van der Waals surface area contributed by atoms with Crippen LogP contribution in [0.4, 0.5) is 0 Å². The summed E-state index contributed by atoms with van der Waals surface area (Å²) in [5.41, 5.74) is 3.73. The van der Waals surface area contributed by atoms with Crippen LogP contribution in [0.2, 0.25) is 0 Å². The highest BCUT2D eigenvalue weighted by molar-refractivity contribution is 7.79. The van der Waals surface area contributed by atoms with Gasteiger partial charge in [0.05, 0.1) is 30.4 Å². The van der Waals surface area contributed by atoms with Crippen molar-refractivity contribution in [3.63, 3.8) is 0 Å². The van der Waals surface area contributed by atoms with Crippen LogP contribution in [0.25, 0.3) is 6.08 Å². The number of piperidine rings is 1. The lowest BCUT2D eigenvalue weighted by molar-refractivity contribution is -0.0426. The average molecular weight is 830 g/mol. The van der Waals surface area contributed by atoms with Crippen LogP contribution in [0.15, 0.2) is 91.0 Å². The molecule has 0 radical (unpaired) electrons.